The molecule has 0 aliphatic rings. The summed E-state index contributed by atoms with van der Waals surface area (Å²) in [6.07, 6.45) is 1.15. The van der Waals surface area contributed by atoms with Gasteiger partial charge in [-0.2, -0.15) is 0 Å². The zero-order chi connectivity index (χ0) is 16.7. The van der Waals surface area contributed by atoms with E-state index in [0.29, 0.717) is 12.5 Å². The molecule has 0 unspecified atom stereocenters. The third kappa shape index (κ3) is 7.20. The highest BCUT2D eigenvalue weighted by atomic mass is 79.9. The fourth-order valence-corrected chi connectivity index (χ4v) is 2.59. The molecule has 0 spiro atoms. The molecule has 0 heterocycles. The van der Waals surface area contributed by atoms with Crippen LogP contribution in [0.25, 0.3) is 0 Å². The number of halogens is 3. The lowest BCUT2D eigenvalue weighted by molar-refractivity contribution is 0.302. The van der Waals surface area contributed by atoms with E-state index in [1.165, 1.54) is 12.1 Å². The lowest BCUT2D eigenvalue weighted by Gasteiger charge is -2.13. The number of benzene rings is 2. The Kier molecular flexibility index (Phi) is 9.34. The van der Waals surface area contributed by atoms with Gasteiger partial charge in [0.25, 0.3) is 0 Å². The zero-order valence-electron chi connectivity index (χ0n) is 14.0. The van der Waals surface area contributed by atoms with Crippen molar-refractivity contribution in [2.45, 2.75) is 33.4 Å². The number of ether oxygens (including phenoxy) is 1. The van der Waals surface area contributed by atoms with E-state index >= 15 is 0 Å². The Morgan fingerprint density at radius 1 is 1.12 bits per heavy atom. The Bertz CT molecular complexity index is 619. The largest absolute Gasteiger partial charge is 0.489 e. The maximum Gasteiger partial charge on any atom is 0.124 e. The molecule has 2 rings (SSSR count). The van der Waals surface area contributed by atoms with Crippen LogP contribution in [0, 0.1) is 11.7 Å². The first-order valence-corrected chi connectivity index (χ1v) is 8.70. The lowest BCUT2D eigenvalue weighted by atomic mass is 10.1. The van der Waals surface area contributed by atoms with Gasteiger partial charge in [0.15, 0.2) is 0 Å². The molecule has 2 aromatic rings. The highest BCUT2D eigenvalue weighted by molar-refractivity contribution is 9.10. The molecule has 0 saturated carbocycles. The first kappa shape index (κ1) is 20.9. The molecule has 0 atom stereocenters. The predicted octanol–water partition coefficient (Wildman–Crippen LogP) is 5.72. The molecule has 0 saturated heterocycles. The van der Waals surface area contributed by atoms with Crippen LogP contribution in [-0.4, -0.2) is 6.54 Å². The molecule has 0 aliphatic carbocycles. The van der Waals surface area contributed by atoms with Crippen molar-refractivity contribution in [3.63, 3.8) is 0 Å². The summed E-state index contributed by atoms with van der Waals surface area (Å²) >= 11 is 3.51. The molecule has 0 aliphatic heterocycles. The van der Waals surface area contributed by atoms with Crippen molar-refractivity contribution < 1.29 is 9.13 Å². The Balaban J connectivity index is 0.00000288. The molecule has 5 heteroatoms. The molecule has 2 nitrogen and oxygen atoms in total. The zero-order valence-corrected chi connectivity index (χ0v) is 16.4. The van der Waals surface area contributed by atoms with Gasteiger partial charge < -0.3 is 10.1 Å². The molecule has 2 aromatic carbocycles. The van der Waals surface area contributed by atoms with Crippen LogP contribution in [0.15, 0.2) is 46.9 Å². The van der Waals surface area contributed by atoms with Crippen molar-refractivity contribution >= 4 is 28.3 Å². The van der Waals surface area contributed by atoms with Gasteiger partial charge in [-0.15, -0.1) is 12.4 Å². The van der Waals surface area contributed by atoms with E-state index in [4.69, 9.17) is 4.74 Å². The van der Waals surface area contributed by atoms with E-state index in [9.17, 15) is 4.39 Å². The van der Waals surface area contributed by atoms with E-state index in [-0.39, 0.29) is 18.2 Å². The number of hydrogen-bond donors (Lipinski definition) is 1. The van der Waals surface area contributed by atoms with Crippen LogP contribution < -0.4 is 10.1 Å². The number of rotatable bonds is 8. The Hall–Kier alpha value is -1.10. The summed E-state index contributed by atoms with van der Waals surface area (Å²) in [5.74, 6) is 1.32. The van der Waals surface area contributed by atoms with Crippen LogP contribution in [0.1, 0.15) is 31.4 Å². The van der Waals surface area contributed by atoms with Crippen LogP contribution in [0.2, 0.25) is 0 Å². The first-order valence-electron chi connectivity index (χ1n) is 7.91. The van der Waals surface area contributed by atoms with E-state index in [2.05, 4.69) is 41.2 Å². The van der Waals surface area contributed by atoms with Crippen LogP contribution in [0.4, 0.5) is 4.39 Å². The summed E-state index contributed by atoms with van der Waals surface area (Å²) < 4.78 is 19.9. The van der Waals surface area contributed by atoms with Crippen LogP contribution in [0.5, 0.6) is 5.75 Å². The van der Waals surface area contributed by atoms with Crippen LogP contribution in [0.3, 0.4) is 0 Å². The van der Waals surface area contributed by atoms with Gasteiger partial charge in [-0.25, -0.2) is 4.39 Å². The molecule has 0 fully saturated rings. The average Bonchev–Trinajstić information content (AvgIpc) is 2.52. The SMILES string of the molecule is CC(C)CCNCc1cc(Br)ccc1OCc1ccc(F)cc1.Cl. The minimum absolute atomic E-state index is 0. The average molecular weight is 417 g/mol. The molecule has 0 bridgehead atoms. The van der Waals surface area contributed by atoms with Crippen molar-refractivity contribution in [1.29, 1.82) is 0 Å². The van der Waals surface area contributed by atoms with E-state index in [1.807, 2.05) is 12.1 Å². The summed E-state index contributed by atoms with van der Waals surface area (Å²) in [6, 6.07) is 12.4. The summed E-state index contributed by atoms with van der Waals surface area (Å²) in [5, 5.41) is 3.46. The van der Waals surface area contributed by atoms with Crippen LogP contribution in [-0.2, 0) is 13.2 Å². The molecule has 1 N–H and O–H groups in total. The fraction of sp³-hybridized carbons (Fsp3) is 0.368. The van der Waals surface area contributed by atoms with Crippen molar-refractivity contribution in [2.75, 3.05) is 6.54 Å². The summed E-state index contributed by atoms with van der Waals surface area (Å²) in [7, 11) is 0. The molecule has 0 aromatic heterocycles. The molecule has 24 heavy (non-hydrogen) atoms. The number of hydrogen-bond acceptors (Lipinski definition) is 2. The molecule has 0 amide bonds. The van der Waals surface area contributed by atoms with Gasteiger partial charge in [-0.1, -0.05) is 41.9 Å². The third-order valence-corrected chi connectivity index (χ3v) is 4.04. The summed E-state index contributed by atoms with van der Waals surface area (Å²) in [4.78, 5) is 0. The predicted molar refractivity (Wildman–Crippen MR) is 103 cm³/mol. The Labute approximate surface area is 158 Å². The fourth-order valence-electron chi connectivity index (χ4n) is 2.18. The van der Waals surface area contributed by atoms with E-state index < -0.39 is 0 Å². The minimum Gasteiger partial charge on any atom is -0.489 e. The molecule has 0 radical (unpaired) electrons. The normalized spacial score (nSPS) is 10.5. The van der Waals surface area contributed by atoms with Crippen molar-refractivity contribution in [1.82, 2.24) is 5.32 Å². The third-order valence-electron chi connectivity index (χ3n) is 3.54. The monoisotopic (exact) mass is 415 g/mol. The van der Waals surface area contributed by atoms with Gasteiger partial charge in [0.2, 0.25) is 0 Å². The van der Waals surface area contributed by atoms with E-state index in [1.54, 1.807) is 12.1 Å². The second-order valence-corrected chi connectivity index (χ2v) is 6.94. The Morgan fingerprint density at radius 3 is 2.50 bits per heavy atom. The van der Waals surface area contributed by atoms with Gasteiger partial charge in [0, 0.05) is 16.6 Å². The van der Waals surface area contributed by atoms with Gasteiger partial charge in [0.05, 0.1) is 0 Å². The highest BCUT2D eigenvalue weighted by Crippen LogP contribution is 2.24. The van der Waals surface area contributed by atoms with Crippen molar-refractivity contribution in [3.8, 4) is 5.75 Å². The molecular weight excluding hydrogens is 393 g/mol. The van der Waals surface area contributed by atoms with Gasteiger partial charge >= 0.3 is 0 Å². The second kappa shape index (κ2) is 10.7. The van der Waals surface area contributed by atoms with Gasteiger partial charge in [-0.05, 0) is 54.8 Å². The van der Waals surface area contributed by atoms with Gasteiger partial charge in [-0.3, -0.25) is 0 Å². The maximum atomic E-state index is 12.9. The Morgan fingerprint density at radius 2 is 1.83 bits per heavy atom. The highest BCUT2D eigenvalue weighted by Gasteiger charge is 2.06. The van der Waals surface area contributed by atoms with E-state index in [0.717, 1.165) is 40.9 Å². The quantitative estimate of drug-likeness (QED) is 0.555. The first-order chi connectivity index (χ1) is 11.0. The summed E-state index contributed by atoms with van der Waals surface area (Å²) in [5.41, 5.74) is 2.07. The molecule has 132 valence electrons. The number of nitrogens with one attached hydrogen (secondary N) is 1. The molecular formula is C19H24BrClFNO. The maximum absolute atomic E-state index is 12.9. The van der Waals surface area contributed by atoms with Crippen molar-refractivity contribution in [2.24, 2.45) is 5.92 Å². The summed E-state index contributed by atoms with van der Waals surface area (Å²) in [6.45, 7) is 6.63. The minimum atomic E-state index is -0.229. The second-order valence-electron chi connectivity index (χ2n) is 6.03. The standard InChI is InChI=1S/C19H23BrFNO.ClH/c1-14(2)9-10-22-12-16-11-17(20)5-8-19(16)23-13-15-3-6-18(21)7-4-15;/h3-8,11,14,22H,9-10,12-13H2,1-2H3;1H. The topological polar surface area (TPSA) is 21.3 Å². The van der Waals surface area contributed by atoms with Gasteiger partial charge in [0.1, 0.15) is 18.2 Å². The van der Waals surface area contributed by atoms with Crippen molar-refractivity contribution in [3.05, 3.63) is 63.9 Å². The smallest absolute Gasteiger partial charge is 0.124 e. The van der Waals surface area contributed by atoms with Crippen LogP contribution >= 0.6 is 28.3 Å². The lowest BCUT2D eigenvalue weighted by Crippen LogP contribution is -2.17.